The summed E-state index contributed by atoms with van der Waals surface area (Å²) in [7, 11) is 2.91. The molecule has 0 fully saturated rings. The molecule has 3 N–H and O–H groups in total. The van der Waals surface area contributed by atoms with Crippen LogP contribution in [0.4, 0.5) is 8.78 Å². The van der Waals surface area contributed by atoms with Crippen molar-refractivity contribution in [3.8, 4) is 11.5 Å². The zero-order valence-corrected chi connectivity index (χ0v) is 9.04. The number of rotatable bonds is 5. The second-order valence-corrected chi connectivity index (χ2v) is 3.09. The van der Waals surface area contributed by atoms with Gasteiger partial charge in [-0.25, -0.2) is 14.2 Å². The molecule has 0 saturated heterocycles. The van der Waals surface area contributed by atoms with Gasteiger partial charge in [-0.3, -0.25) is 5.84 Å². The molecule has 0 radical (unpaired) electrons. The van der Waals surface area contributed by atoms with Crippen LogP contribution in [0.5, 0.6) is 11.5 Å². The van der Waals surface area contributed by atoms with E-state index in [0.29, 0.717) is 17.1 Å². The molecule has 4 nitrogen and oxygen atoms in total. The molecule has 6 heteroatoms. The maximum atomic E-state index is 12.6. The van der Waals surface area contributed by atoms with E-state index in [1.165, 1.54) is 26.4 Å². The van der Waals surface area contributed by atoms with Crippen molar-refractivity contribution in [1.82, 2.24) is 5.43 Å². The third-order valence-electron chi connectivity index (χ3n) is 2.20. The molecule has 1 aromatic carbocycles. The maximum Gasteiger partial charge on any atom is 0.259 e. The molecule has 0 aliphatic carbocycles. The molecule has 1 unspecified atom stereocenters. The minimum Gasteiger partial charge on any atom is -0.493 e. The van der Waals surface area contributed by atoms with Gasteiger partial charge in [0.25, 0.3) is 6.43 Å². The normalized spacial score (nSPS) is 12.6. The van der Waals surface area contributed by atoms with Crippen LogP contribution < -0.4 is 20.7 Å². The molecule has 16 heavy (non-hydrogen) atoms. The summed E-state index contributed by atoms with van der Waals surface area (Å²) in [6.07, 6.45) is -2.59. The Morgan fingerprint density at radius 1 is 1.19 bits per heavy atom. The molecule has 1 aromatic rings. The van der Waals surface area contributed by atoms with Crippen molar-refractivity contribution < 1.29 is 18.3 Å². The Bertz CT molecular complexity index is 348. The van der Waals surface area contributed by atoms with Crippen LogP contribution >= 0.6 is 0 Å². The Labute approximate surface area is 92.3 Å². The summed E-state index contributed by atoms with van der Waals surface area (Å²) < 4.78 is 35.2. The fraction of sp³-hybridized carbons (Fsp3) is 0.400. The molecule has 0 saturated carbocycles. The number of benzene rings is 1. The van der Waals surface area contributed by atoms with Crippen LogP contribution in [0.2, 0.25) is 0 Å². The van der Waals surface area contributed by atoms with Crippen molar-refractivity contribution in [1.29, 1.82) is 0 Å². The van der Waals surface area contributed by atoms with Gasteiger partial charge < -0.3 is 9.47 Å². The quantitative estimate of drug-likeness (QED) is 0.596. The number of hydrazine groups is 1. The first-order valence-corrected chi connectivity index (χ1v) is 4.60. The third kappa shape index (κ3) is 2.59. The Kier molecular flexibility index (Phi) is 4.45. The van der Waals surface area contributed by atoms with E-state index >= 15 is 0 Å². The van der Waals surface area contributed by atoms with Crippen molar-refractivity contribution in [2.75, 3.05) is 14.2 Å². The number of nitrogens with one attached hydrogen (secondary N) is 1. The summed E-state index contributed by atoms with van der Waals surface area (Å²) in [6.45, 7) is 0. The van der Waals surface area contributed by atoms with Gasteiger partial charge in [-0.1, -0.05) is 6.07 Å². The van der Waals surface area contributed by atoms with Crippen LogP contribution in [0.3, 0.4) is 0 Å². The monoisotopic (exact) mass is 232 g/mol. The summed E-state index contributed by atoms with van der Waals surface area (Å²) in [5.41, 5.74) is 2.40. The molecular formula is C10H14F2N2O2. The lowest BCUT2D eigenvalue weighted by Gasteiger charge is -2.17. The Morgan fingerprint density at radius 3 is 2.25 bits per heavy atom. The molecular weight excluding hydrogens is 218 g/mol. The highest BCUT2D eigenvalue weighted by Gasteiger charge is 2.22. The van der Waals surface area contributed by atoms with Crippen molar-refractivity contribution in [3.63, 3.8) is 0 Å². The molecule has 0 bridgehead atoms. The van der Waals surface area contributed by atoms with Crippen LogP contribution in [0.25, 0.3) is 0 Å². The van der Waals surface area contributed by atoms with E-state index in [4.69, 9.17) is 15.3 Å². The summed E-state index contributed by atoms with van der Waals surface area (Å²) in [6, 6.07) is 3.31. The number of hydrogen-bond acceptors (Lipinski definition) is 4. The van der Waals surface area contributed by atoms with Gasteiger partial charge in [0.05, 0.1) is 14.2 Å². The molecule has 90 valence electrons. The van der Waals surface area contributed by atoms with E-state index in [-0.39, 0.29) is 0 Å². The number of nitrogens with two attached hydrogens (primary N) is 1. The molecule has 0 aliphatic rings. The lowest BCUT2D eigenvalue weighted by atomic mass is 10.1. The fourth-order valence-electron chi connectivity index (χ4n) is 1.36. The number of alkyl halides is 2. The van der Waals surface area contributed by atoms with Crippen molar-refractivity contribution in [3.05, 3.63) is 23.8 Å². The maximum absolute atomic E-state index is 12.6. The highest BCUT2D eigenvalue weighted by Crippen LogP contribution is 2.31. The molecule has 0 heterocycles. The average Bonchev–Trinajstić information content (AvgIpc) is 2.29. The smallest absolute Gasteiger partial charge is 0.259 e. The summed E-state index contributed by atoms with van der Waals surface area (Å²) >= 11 is 0. The second kappa shape index (κ2) is 5.62. The number of ether oxygens (including phenoxy) is 2. The predicted molar refractivity (Wildman–Crippen MR) is 55.6 cm³/mol. The van der Waals surface area contributed by atoms with E-state index in [2.05, 4.69) is 5.43 Å². The topological polar surface area (TPSA) is 56.5 Å². The summed E-state index contributed by atoms with van der Waals surface area (Å²) in [5.74, 6) is 5.94. The SMILES string of the molecule is COc1ccc(C(NN)C(F)F)cc1OC. The summed E-state index contributed by atoms with van der Waals surface area (Å²) in [5, 5.41) is 0. The molecule has 0 amide bonds. The van der Waals surface area contributed by atoms with Gasteiger partial charge in [0, 0.05) is 0 Å². The first kappa shape index (κ1) is 12.7. The lowest BCUT2D eigenvalue weighted by Crippen LogP contribution is -2.32. The van der Waals surface area contributed by atoms with E-state index in [1.54, 1.807) is 6.07 Å². The molecule has 1 atom stereocenters. The zero-order valence-electron chi connectivity index (χ0n) is 9.04. The van der Waals surface area contributed by atoms with Crippen molar-refractivity contribution >= 4 is 0 Å². The Morgan fingerprint density at radius 2 is 1.81 bits per heavy atom. The second-order valence-electron chi connectivity index (χ2n) is 3.09. The third-order valence-corrected chi connectivity index (χ3v) is 2.20. The van der Waals surface area contributed by atoms with Crippen molar-refractivity contribution in [2.45, 2.75) is 12.5 Å². The first-order chi connectivity index (χ1) is 7.63. The molecule has 1 rings (SSSR count). The van der Waals surface area contributed by atoms with Crippen LogP contribution in [-0.2, 0) is 0 Å². The van der Waals surface area contributed by atoms with Gasteiger partial charge >= 0.3 is 0 Å². The number of hydrogen-bond donors (Lipinski definition) is 2. The van der Waals surface area contributed by atoms with Crippen molar-refractivity contribution in [2.24, 2.45) is 5.84 Å². The minimum atomic E-state index is -2.59. The van der Waals surface area contributed by atoms with Gasteiger partial charge in [0.15, 0.2) is 11.5 Å². The van der Waals surface area contributed by atoms with Gasteiger partial charge in [-0.2, -0.15) is 0 Å². The van der Waals surface area contributed by atoms with Gasteiger partial charge in [-0.05, 0) is 17.7 Å². The fourth-order valence-corrected chi connectivity index (χ4v) is 1.36. The van der Waals surface area contributed by atoms with Gasteiger partial charge in [-0.15, -0.1) is 0 Å². The lowest BCUT2D eigenvalue weighted by molar-refractivity contribution is 0.0985. The highest BCUT2D eigenvalue weighted by molar-refractivity contribution is 5.43. The average molecular weight is 232 g/mol. The van der Waals surface area contributed by atoms with Crippen LogP contribution in [-0.4, -0.2) is 20.6 Å². The van der Waals surface area contributed by atoms with Gasteiger partial charge in [0.2, 0.25) is 0 Å². The van der Waals surface area contributed by atoms with Gasteiger partial charge in [0.1, 0.15) is 6.04 Å². The van der Waals surface area contributed by atoms with Crippen LogP contribution in [0.1, 0.15) is 11.6 Å². The molecule has 0 spiro atoms. The number of methoxy groups -OCH3 is 2. The minimum absolute atomic E-state index is 0.343. The highest BCUT2D eigenvalue weighted by atomic mass is 19.3. The molecule has 0 aromatic heterocycles. The van der Waals surface area contributed by atoms with E-state index in [1.807, 2.05) is 0 Å². The zero-order chi connectivity index (χ0) is 12.1. The van der Waals surface area contributed by atoms with E-state index < -0.39 is 12.5 Å². The Hall–Kier alpha value is -1.40. The van der Waals surface area contributed by atoms with E-state index in [9.17, 15) is 8.78 Å². The predicted octanol–water partition coefficient (Wildman–Crippen LogP) is 1.47. The van der Waals surface area contributed by atoms with Crippen LogP contribution in [0.15, 0.2) is 18.2 Å². The van der Waals surface area contributed by atoms with Crippen LogP contribution in [0, 0.1) is 0 Å². The Balaban J connectivity index is 3.06. The van der Waals surface area contributed by atoms with E-state index in [0.717, 1.165) is 0 Å². The summed E-state index contributed by atoms with van der Waals surface area (Å²) in [4.78, 5) is 0. The first-order valence-electron chi connectivity index (χ1n) is 4.60. The largest absolute Gasteiger partial charge is 0.493 e. The standard InChI is InChI=1S/C10H14F2N2O2/c1-15-7-4-3-6(5-8(7)16-2)9(14-13)10(11)12/h3-5,9-10,14H,13H2,1-2H3. The molecule has 0 aliphatic heterocycles. The number of halogens is 2.